The van der Waals surface area contributed by atoms with Crippen LogP contribution in [0.3, 0.4) is 0 Å². The first-order chi connectivity index (χ1) is 16.0. The van der Waals surface area contributed by atoms with E-state index in [2.05, 4.69) is 24.1 Å². The molecule has 1 aromatic carbocycles. The molecule has 10 heteroatoms. The van der Waals surface area contributed by atoms with E-state index in [1.807, 2.05) is 6.07 Å². The lowest BCUT2D eigenvalue weighted by Gasteiger charge is -2.27. The van der Waals surface area contributed by atoms with Gasteiger partial charge in [0.25, 0.3) is 11.5 Å². The summed E-state index contributed by atoms with van der Waals surface area (Å²) in [6.07, 6.45) is 2.95. The van der Waals surface area contributed by atoms with Crippen molar-refractivity contribution in [2.45, 2.75) is 44.4 Å². The third kappa shape index (κ3) is 5.13. The molecule has 8 nitrogen and oxygen atoms in total. The van der Waals surface area contributed by atoms with Crippen LogP contribution in [-0.2, 0) is 36.5 Å². The quantitative estimate of drug-likeness (QED) is 0.535. The Kier molecular flexibility index (Phi) is 6.75. The molecule has 1 aliphatic heterocycles. The van der Waals surface area contributed by atoms with Crippen LogP contribution in [0.1, 0.15) is 51.4 Å². The number of hydrogen-bond donors (Lipinski definition) is 1. The lowest BCUT2D eigenvalue weighted by atomic mass is 10.0. The third-order valence-corrected chi connectivity index (χ3v) is 8.12. The average molecular weight is 501 g/mol. The number of hydrogen-bond acceptors (Lipinski definition) is 7. The van der Waals surface area contributed by atoms with Crippen molar-refractivity contribution in [2.24, 2.45) is 13.0 Å². The topological polar surface area (TPSA) is 101 Å². The van der Waals surface area contributed by atoms with Crippen LogP contribution in [0.15, 0.2) is 52.3 Å². The second-order valence-electron chi connectivity index (χ2n) is 9.00. The number of rotatable bonds is 7. The number of nitrogens with zero attached hydrogens (tertiary/aromatic N) is 3. The lowest BCUT2D eigenvalue weighted by molar-refractivity contribution is 0.0949. The Morgan fingerprint density at radius 3 is 2.53 bits per heavy atom. The number of carbonyl (C=O) groups is 1. The predicted molar refractivity (Wildman–Crippen MR) is 131 cm³/mol. The van der Waals surface area contributed by atoms with Gasteiger partial charge in [0.15, 0.2) is 14.8 Å². The normalized spacial score (nSPS) is 16.1. The Balaban J connectivity index is 1.44. The summed E-state index contributed by atoms with van der Waals surface area (Å²) in [5, 5.41) is 3.31. The van der Waals surface area contributed by atoms with Gasteiger partial charge in [-0.15, -0.1) is 11.3 Å². The first kappa shape index (κ1) is 24.3. The van der Waals surface area contributed by atoms with E-state index < -0.39 is 9.84 Å². The molecule has 34 heavy (non-hydrogen) atoms. The molecule has 1 amide bonds. The number of sulfone groups is 1. The zero-order chi connectivity index (χ0) is 24.6. The van der Waals surface area contributed by atoms with Gasteiger partial charge in [0.1, 0.15) is 0 Å². The van der Waals surface area contributed by atoms with Crippen LogP contribution in [0.4, 0.5) is 0 Å². The molecule has 0 unspecified atom stereocenters. The van der Waals surface area contributed by atoms with E-state index in [-0.39, 0.29) is 28.9 Å². The van der Waals surface area contributed by atoms with Crippen molar-refractivity contribution in [3.63, 3.8) is 0 Å². The van der Waals surface area contributed by atoms with Crippen LogP contribution in [0, 0.1) is 5.92 Å². The molecule has 0 saturated carbocycles. The van der Waals surface area contributed by atoms with Crippen molar-refractivity contribution in [3.8, 4) is 0 Å². The molecule has 0 fully saturated rings. The standard InChI is InChI=1S/C24H28N4O4S2/c1-15(2)22-21-19(14-28(22)13-17-9-10-27(3)20(29)11-17)33-24(26-21)23(30)25-12-16-5-7-18(8-6-16)34(4,31)32/h5-11,15,22H,12-14H2,1-4H3,(H,25,30)/t22-/m0/s1. The molecule has 2 aromatic heterocycles. The number of fused-ring (bicyclic) bond motifs is 1. The van der Waals surface area contributed by atoms with Crippen LogP contribution < -0.4 is 10.9 Å². The number of aryl methyl sites for hydroxylation is 1. The fourth-order valence-electron chi connectivity index (χ4n) is 4.19. The maximum atomic E-state index is 12.8. The summed E-state index contributed by atoms with van der Waals surface area (Å²) in [5.74, 6) is 0.0476. The molecule has 0 aliphatic carbocycles. The van der Waals surface area contributed by atoms with E-state index in [1.165, 1.54) is 11.3 Å². The Bertz CT molecular complexity index is 1370. The highest BCUT2D eigenvalue weighted by Crippen LogP contribution is 2.41. The van der Waals surface area contributed by atoms with E-state index in [0.29, 0.717) is 24.0 Å². The molecule has 0 saturated heterocycles. The van der Waals surface area contributed by atoms with Gasteiger partial charge in [-0.3, -0.25) is 14.5 Å². The Labute approximate surface area is 203 Å². The largest absolute Gasteiger partial charge is 0.346 e. The first-order valence-corrected chi connectivity index (χ1v) is 13.7. The van der Waals surface area contributed by atoms with E-state index in [9.17, 15) is 18.0 Å². The van der Waals surface area contributed by atoms with Crippen LogP contribution in [-0.4, -0.2) is 35.0 Å². The van der Waals surface area contributed by atoms with Crippen molar-refractivity contribution >= 4 is 27.1 Å². The first-order valence-electron chi connectivity index (χ1n) is 11.0. The highest BCUT2D eigenvalue weighted by molar-refractivity contribution is 7.90. The monoisotopic (exact) mass is 500 g/mol. The molecule has 180 valence electrons. The summed E-state index contributed by atoms with van der Waals surface area (Å²) < 4.78 is 24.7. The molecular weight excluding hydrogens is 472 g/mol. The minimum Gasteiger partial charge on any atom is -0.346 e. The Hall–Kier alpha value is -2.82. The number of pyridine rings is 1. The fraction of sp³-hybridized carbons (Fsp3) is 0.375. The van der Waals surface area contributed by atoms with Gasteiger partial charge in [-0.2, -0.15) is 0 Å². The number of benzene rings is 1. The Morgan fingerprint density at radius 2 is 1.91 bits per heavy atom. The van der Waals surface area contributed by atoms with Gasteiger partial charge in [-0.05, 0) is 35.2 Å². The zero-order valence-electron chi connectivity index (χ0n) is 19.6. The molecule has 0 spiro atoms. The minimum atomic E-state index is -3.25. The van der Waals surface area contributed by atoms with Gasteiger partial charge < -0.3 is 9.88 Å². The smallest absolute Gasteiger partial charge is 0.280 e. The number of thiazole rings is 1. The van der Waals surface area contributed by atoms with Gasteiger partial charge in [0, 0.05) is 50.1 Å². The van der Waals surface area contributed by atoms with Crippen LogP contribution in [0.5, 0.6) is 0 Å². The highest BCUT2D eigenvalue weighted by Gasteiger charge is 2.36. The van der Waals surface area contributed by atoms with Gasteiger partial charge in [-0.25, -0.2) is 13.4 Å². The summed E-state index contributed by atoms with van der Waals surface area (Å²) in [6, 6.07) is 10.2. The zero-order valence-corrected chi connectivity index (χ0v) is 21.2. The van der Waals surface area contributed by atoms with E-state index in [1.54, 1.807) is 48.1 Å². The van der Waals surface area contributed by atoms with Gasteiger partial charge in [-0.1, -0.05) is 26.0 Å². The molecular formula is C24H28N4O4S2. The minimum absolute atomic E-state index is 0.0318. The summed E-state index contributed by atoms with van der Waals surface area (Å²) in [6.45, 7) is 5.89. The number of amides is 1. The maximum Gasteiger partial charge on any atom is 0.280 e. The predicted octanol–water partition coefficient (Wildman–Crippen LogP) is 2.89. The van der Waals surface area contributed by atoms with Crippen molar-refractivity contribution in [2.75, 3.05) is 6.26 Å². The van der Waals surface area contributed by atoms with Crippen molar-refractivity contribution in [1.82, 2.24) is 19.8 Å². The summed E-state index contributed by atoms with van der Waals surface area (Å²) >= 11 is 1.40. The van der Waals surface area contributed by atoms with Crippen LogP contribution in [0.2, 0.25) is 0 Å². The molecule has 1 atom stereocenters. The van der Waals surface area contributed by atoms with Gasteiger partial charge in [0.2, 0.25) is 0 Å². The third-order valence-electron chi connectivity index (χ3n) is 5.93. The molecule has 1 N–H and O–H groups in total. The van der Waals surface area contributed by atoms with Crippen molar-refractivity contribution in [1.29, 1.82) is 0 Å². The Morgan fingerprint density at radius 1 is 1.21 bits per heavy atom. The van der Waals surface area contributed by atoms with Gasteiger partial charge in [0.05, 0.1) is 16.6 Å². The fourth-order valence-corrected chi connectivity index (χ4v) is 5.86. The molecule has 3 aromatic rings. The summed E-state index contributed by atoms with van der Waals surface area (Å²) in [4.78, 5) is 33.1. The van der Waals surface area contributed by atoms with Crippen LogP contribution >= 0.6 is 11.3 Å². The lowest BCUT2D eigenvalue weighted by Crippen LogP contribution is -2.28. The van der Waals surface area contributed by atoms with E-state index >= 15 is 0 Å². The number of nitrogens with one attached hydrogen (secondary N) is 1. The molecule has 4 rings (SSSR count). The number of aromatic nitrogens is 2. The maximum absolute atomic E-state index is 12.8. The summed E-state index contributed by atoms with van der Waals surface area (Å²) in [7, 11) is -1.52. The van der Waals surface area contributed by atoms with Crippen LogP contribution in [0.25, 0.3) is 0 Å². The summed E-state index contributed by atoms with van der Waals surface area (Å²) in [5.41, 5.74) is 2.68. The molecule has 3 heterocycles. The molecule has 1 aliphatic rings. The highest BCUT2D eigenvalue weighted by atomic mass is 32.2. The average Bonchev–Trinajstić information content (AvgIpc) is 3.31. The number of carbonyl (C=O) groups excluding carboxylic acids is 1. The van der Waals surface area contributed by atoms with Crippen molar-refractivity contribution < 1.29 is 13.2 Å². The molecule has 0 radical (unpaired) electrons. The van der Waals surface area contributed by atoms with E-state index in [4.69, 9.17) is 4.98 Å². The molecule has 0 bridgehead atoms. The van der Waals surface area contributed by atoms with Gasteiger partial charge >= 0.3 is 0 Å². The second kappa shape index (κ2) is 9.44. The SMILES string of the molecule is CC(C)[C@H]1c2nc(C(=O)NCc3ccc(S(C)(=O)=O)cc3)sc2CN1Cc1ccn(C)c(=O)c1. The van der Waals surface area contributed by atoms with Crippen molar-refractivity contribution in [3.05, 3.63) is 79.7 Å². The second-order valence-corrected chi connectivity index (χ2v) is 12.1. The van der Waals surface area contributed by atoms with E-state index in [0.717, 1.165) is 28.0 Å².